The number of rotatable bonds is 9. The lowest BCUT2D eigenvalue weighted by atomic mass is 10.1. The van der Waals surface area contributed by atoms with Crippen molar-refractivity contribution in [3.05, 3.63) is 64.2 Å². The number of nitrogens with one attached hydrogen (secondary N) is 1. The van der Waals surface area contributed by atoms with Crippen molar-refractivity contribution in [2.45, 2.75) is 44.7 Å². The van der Waals surface area contributed by atoms with Crippen molar-refractivity contribution in [3.8, 4) is 0 Å². The van der Waals surface area contributed by atoms with Gasteiger partial charge in [0.1, 0.15) is 0 Å². The standard InChI is InChI=1S/C23H30ClN3O3S/c1-3-27(4-2)31(29,30)20-11-12-22(24)21(15-20)23(28)25-16-18-7-9-19(10-8-18)17-26-13-5-6-14-26/h7-12,15H,3-6,13-14,16-17H2,1-2H3,(H,25,28). The van der Waals surface area contributed by atoms with Crippen molar-refractivity contribution in [3.63, 3.8) is 0 Å². The molecule has 1 aliphatic rings. The maximum absolute atomic E-state index is 12.8. The number of carbonyl (C=O) groups excluding carboxylic acids is 1. The molecule has 0 radical (unpaired) electrons. The molecule has 0 saturated carbocycles. The minimum atomic E-state index is -3.67. The number of carbonyl (C=O) groups is 1. The van der Waals surface area contributed by atoms with Crippen LogP contribution >= 0.6 is 11.6 Å². The van der Waals surface area contributed by atoms with Crippen LogP contribution < -0.4 is 5.32 Å². The predicted molar refractivity (Wildman–Crippen MR) is 124 cm³/mol. The number of hydrogen-bond donors (Lipinski definition) is 1. The second kappa shape index (κ2) is 10.6. The molecule has 6 nitrogen and oxygen atoms in total. The molecular formula is C23H30ClN3O3S. The number of halogens is 1. The number of nitrogens with zero attached hydrogens (tertiary/aromatic N) is 2. The molecule has 1 amide bonds. The molecule has 168 valence electrons. The van der Waals surface area contributed by atoms with Gasteiger partial charge in [-0.2, -0.15) is 4.31 Å². The van der Waals surface area contributed by atoms with Crippen LogP contribution in [0.4, 0.5) is 0 Å². The van der Waals surface area contributed by atoms with Crippen LogP contribution in [0, 0.1) is 0 Å². The minimum absolute atomic E-state index is 0.0667. The van der Waals surface area contributed by atoms with Crippen molar-refractivity contribution in [2.75, 3.05) is 26.2 Å². The lowest BCUT2D eigenvalue weighted by molar-refractivity contribution is 0.0951. The van der Waals surface area contributed by atoms with E-state index in [1.165, 1.54) is 40.9 Å². The highest BCUT2D eigenvalue weighted by atomic mass is 35.5. The Bertz CT molecular complexity index is 999. The van der Waals surface area contributed by atoms with Crippen LogP contribution in [0.5, 0.6) is 0 Å². The topological polar surface area (TPSA) is 69.7 Å². The van der Waals surface area contributed by atoms with Crippen molar-refractivity contribution in [1.29, 1.82) is 0 Å². The van der Waals surface area contributed by atoms with E-state index in [9.17, 15) is 13.2 Å². The largest absolute Gasteiger partial charge is 0.348 e. The normalized spacial score (nSPS) is 14.8. The van der Waals surface area contributed by atoms with Gasteiger partial charge in [-0.1, -0.05) is 49.7 Å². The maximum Gasteiger partial charge on any atom is 0.253 e. The molecule has 1 N–H and O–H groups in total. The number of sulfonamides is 1. The average molecular weight is 464 g/mol. The van der Waals surface area contributed by atoms with Crippen LogP contribution in [0.2, 0.25) is 5.02 Å². The van der Waals surface area contributed by atoms with Crippen molar-refractivity contribution >= 4 is 27.5 Å². The van der Waals surface area contributed by atoms with Crippen LogP contribution in [-0.2, 0) is 23.1 Å². The number of benzene rings is 2. The Morgan fingerprint density at radius 1 is 1.03 bits per heavy atom. The highest BCUT2D eigenvalue weighted by molar-refractivity contribution is 7.89. The molecule has 0 atom stereocenters. The van der Waals surface area contributed by atoms with Gasteiger partial charge in [-0.05, 0) is 55.3 Å². The van der Waals surface area contributed by atoms with Gasteiger partial charge in [-0.15, -0.1) is 0 Å². The molecule has 8 heteroatoms. The molecule has 1 aliphatic heterocycles. The van der Waals surface area contributed by atoms with E-state index >= 15 is 0 Å². The fourth-order valence-corrected chi connectivity index (χ4v) is 5.48. The molecule has 2 aromatic carbocycles. The summed E-state index contributed by atoms with van der Waals surface area (Å²) >= 11 is 6.20. The van der Waals surface area contributed by atoms with E-state index < -0.39 is 15.9 Å². The van der Waals surface area contributed by atoms with Gasteiger partial charge >= 0.3 is 0 Å². The Labute approximate surface area is 190 Å². The lowest BCUT2D eigenvalue weighted by Crippen LogP contribution is -2.31. The smallest absolute Gasteiger partial charge is 0.253 e. The fraction of sp³-hybridized carbons (Fsp3) is 0.435. The van der Waals surface area contributed by atoms with E-state index in [0.717, 1.165) is 25.2 Å². The van der Waals surface area contributed by atoms with Crippen molar-refractivity contribution in [2.24, 2.45) is 0 Å². The Morgan fingerprint density at radius 3 is 2.26 bits per heavy atom. The molecule has 0 bridgehead atoms. The summed E-state index contributed by atoms with van der Waals surface area (Å²) in [5, 5.41) is 3.06. The third-order valence-electron chi connectivity index (χ3n) is 5.61. The van der Waals surface area contributed by atoms with Gasteiger partial charge in [0.15, 0.2) is 0 Å². The molecule has 0 aliphatic carbocycles. The van der Waals surface area contributed by atoms with Crippen LogP contribution in [0.15, 0.2) is 47.4 Å². The molecule has 0 spiro atoms. The Hall–Kier alpha value is -1.93. The molecule has 1 saturated heterocycles. The monoisotopic (exact) mass is 463 g/mol. The van der Waals surface area contributed by atoms with E-state index in [-0.39, 0.29) is 15.5 Å². The Kier molecular flexibility index (Phi) is 8.11. The first kappa shape index (κ1) is 23.7. The minimum Gasteiger partial charge on any atom is -0.348 e. The van der Waals surface area contributed by atoms with Gasteiger partial charge in [-0.25, -0.2) is 8.42 Å². The van der Waals surface area contributed by atoms with Gasteiger partial charge in [0.05, 0.1) is 15.5 Å². The van der Waals surface area contributed by atoms with Gasteiger partial charge in [-0.3, -0.25) is 9.69 Å². The molecule has 2 aromatic rings. The number of amides is 1. The first-order chi connectivity index (χ1) is 14.8. The summed E-state index contributed by atoms with van der Waals surface area (Å²) < 4.78 is 26.9. The zero-order valence-electron chi connectivity index (χ0n) is 18.1. The first-order valence-corrected chi connectivity index (χ1v) is 12.5. The summed E-state index contributed by atoms with van der Waals surface area (Å²) in [5.74, 6) is -0.400. The fourth-order valence-electron chi connectivity index (χ4n) is 3.79. The van der Waals surface area contributed by atoms with E-state index in [0.29, 0.717) is 19.6 Å². The number of hydrogen-bond acceptors (Lipinski definition) is 4. The summed E-state index contributed by atoms with van der Waals surface area (Å²) in [5.41, 5.74) is 2.39. The van der Waals surface area contributed by atoms with Crippen LogP contribution in [0.3, 0.4) is 0 Å². The van der Waals surface area contributed by atoms with Crippen molar-refractivity contribution < 1.29 is 13.2 Å². The van der Waals surface area contributed by atoms with Gasteiger partial charge in [0.25, 0.3) is 5.91 Å². The molecule has 0 unspecified atom stereocenters. The van der Waals surface area contributed by atoms with E-state index in [1.54, 1.807) is 13.8 Å². The molecule has 31 heavy (non-hydrogen) atoms. The molecule has 1 heterocycles. The molecular weight excluding hydrogens is 434 g/mol. The zero-order valence-corrected chi connectivity index (χ0v) is 19.7. The summed E-state index contributed by atoms with van der Waals surface area (Å²) in [6.45, 7) is 7.88. The van der Waals surface area contributed by atoms with Crippen LogP contribution in [-0.4, -0.2) is 49.7 Å². The second-order valence-corrected chi connectivity index (χ2v) is 10.1. The summed E-state index contributed by atoms with van der Waals surface area (Å²) in [7, 11) is -3.67. The first-order valence-electron chi connectivity index (χ1n) is 10.7. The molecule has 0 aromatic heterocycles. The van der Waals surface area contributed by atoms with Crippen LogP contribution in [0.1, 0.15) is 48.2 Å². The van der Waals surface area contributed by atoms with E-state index in [4.69, 9.17) is 11.6 Å². The molecule has 3 rings (SSSR count). The van der Waals surface area contributed by atoms with Gasteiger partial charge in [0.2, 0.25) is 10.0 Å². The number of likely N-dealkylation sites (tertiary alicyclic amines) is 1. The van der Waals surface area contributed by atoms with E-state index in [1.807, 2.05) is 12.1 Å². The molecule has 1 fully saturated rings. The summed E-state index contributed by atoms with van der Waals surface area (Å²) in [4.78, 5) is 15.2. The third kappa shape index (κ3) is 5.86. The quantitative estimate of drug-likeness (QED) is 0.612. The van der Waals surface area contributed by atoms with Gasteiger partial charge in [0, 0.05) is 26.2 Å². The predicted octanol–water partition coefficient (Wildman–Crippen LogP) is 3.90. The zero-order chi connectivity index (χ0) is 22.4. The highest BCUT2D eigenvalue weighted by Gasteiger charge is 2.23. The summed E-state index contributed by atoms with van der Waals surface area (Å²) in [6, 6.07) is 12.4. The summed E-state index contributed by atoms with van der Waals surface area (Å²) in [6.07, 6.45) is 2.54. The lowest BCUT2D eigenvalue weighted by Gasteiger charge is -2.19. The van der Waals surface area contributed by atoms with Crippen molar-refractivity contribution in [1.82, 2.24) is 14.5 Å². The highest BCUT2D eigenvalue weighted by Crippen LogP contribution is 2.23. The second-order valence-electron chi connectivity index (χ2n) is 7.71. The third-order valence-corrected chi connectivity index (χ3v) is 7.98. The Balaban J connectivity index is 1.66. The maximum atomic E-state index is 12.8. The van der Waals surface area contributed by atoms with E-state index in [2.05, 4.69) is 22.3 Å². The average Bonchev–Trinajstić information content (AvgIpc) is 3.27. The van der Waals surface area contributed by atoms with Gasteiger partial charge < -0.3 is 5.32 Å². The SMILES string of the molecule is CCN(CC)S(=O)(=O)c1ccc(Cl)c(C(=O)NCc2ccc(CN3CCCC3)cc2)c1. The Morgan fingerprint density at radius 2 is 1.65 bits per heavy atom. The van der Waals surface area contributed by atoms with Crippen LogP contribution in [0.25, 0.3) is 0 Å².